The Labute approximate surface area is 119 Å². The van der Waals surface area contributed by atoms with Gasteiger partial charge in [-0.3, -0.25) is 0 Å². The third-order valence-electron chi connectivity index (χ3n) is 1.85. The Morgan fingerprint density at radius 1 is 1.11 bits per heavy atom. The van der Waals surface area contributed by atoms with Crippen LogP contribution >= 0.6 is 11.6 Å². The number of hydrogen-bond acceptors (Lipinski definition) is 4. The summed E-state index contributed by atoms with van der Waals surface area (Å²) in [6.45, 7) is 2.06. The fourth-order valence-corrected chi connectivity index (χ4v) is 1.21. The molecule has 0 saturated heterocycles. The molecule has 5 nitrogen and oxygen atoms in total. The summed E-state index contributed by atoms with van der Waals surface area (Å²) in [5.41, 5.74) is 2.30. The van der Waals surface area contributed by atoms with Crippen molar-refractivity contribution in [2.24, 2.45) is 0 Å². The average Bonchev–Trinajstić information content (AvgIpc) is 2.24. The molecule has 1 rings (SSSR count). The predicted octanol–water partition coefficient (Wildman–Crippen LogP) is -1.84. The normalized spacial score (nSPS) is 11.5. The van der Waals surface area contributed by atoms with E-state index in [0.717, 1.165) is 10.6 Å². The summed E-state index contributed by atoms with van der Waals surface area (Å²) < 4.78 is 35.9. The second-order valence-electron chi connectivity index (χ2n) is 3.87. The minimum Gasteiger partial charge on any atom is -0.241 e. The van der Waals surface area contributed by atoms with Crippen molar-refractivity contribution >= 4 is 22.8 Å². The first-order valence-corrected chi connectivity index (χ1v) is 6.76. The van der Waals surface area contributed by atoms with Gasteiger partial charge < -0.3 is 0 Å². The highest BCUT2D eigenvalue weighted by Gasteiger charge is 1.96. The molecule has 0 fully saturated rings. The molecule has 19 heavy (non-hydrogen) atoms. The number of rotatable bonds is 2. The van der Waals surface area contributed by atoms with Gasteiger partial charge in [0.2, 0.25) is 0 Å². The molecule has 1 aromatic carbocycles. The summed E-state index contributed by atoms with van der Waals surface area (Å²) in [5, 5.41) is 0.763. The summed E-state index contributed by atoms with van der Waals surface area (Å²) >= 11 is 6.11. The van der Waals surface area contributed by atoms with Crippen molar-refractivity contribution in [1.29, 1.82) is 0 Å². The van der Waals surface area contributed by atoms with Gasteiger partial charge in [-0.05, 0) is 12.5 Å². The van der Waals surface area contributed by atoms with Crippen LogP contribution in [0, 0.1) is 17.2 Å². The molecule has 1 aromatic rings. The molecule has 0 bridgehead atoms. The molecule has 0 atom stereocenters. The standard InChI is InChI=1S/C12H15ClN.ClHO4/c1-10-4-6-11(7-5-10)12(13)8-9-14(2)3;2-1(3,4)5/h4-9H,1-3H3;(H,2,3,4,5)/q+1;/p-1/b12-8+;. The Morgan fingerprint density at radius 2 is 1.53 bits per heavy atom. The first-order valence-electron chi connectivity index (χ1n) is 5.15. The fraction of sp³-hybridized carbons (Fsp3) is 0.250. The van der Waals surface area contributed by atoms with Gasteiger partial charge in [0, 0.05) is 6.08 Å². The number of hydrogen-bond donors (Lipinski definition) is 0. The molecule has 0 aliphatic rings. The first kappa shape index (κ1) is 18.0. The third-order valence-corrected chi connectivity index (χ3v) is 2.19. The lowest BCUT2D eigenvalue weighted by Gasteiger charge is -2.17. The van der Waals surface area contributed by atoms with Crippen molar-refractivity contribution in [2.75, 3.05) is 14.1 Å². The smallest absolute Gasteiger partial charge is 0.164 e. The van der Waals surface area contributed by atoms with E-state index >= 15 is 0 Å². The lowest BCUT2D eigenvalue weighted by Crippen LogP contribution is -2.68. The highest BCUT2D eigenvalue weighted by atomic mass is 35.7. The highest BCUT2D eigenvalue weighted by molar-refractivity contribution is 6.49. The molecule has 7 heteroatoms. The zero-order valence-electron chi connectivity index (χ0n) is 10.8. The third kappa shape index (κ3) is 11.9. The Hall–Kier alpha value is -0.950. The maximum Gasteiger partial charge on any atom is 0.164 e. The van der Waals surface area contributed by atoms with Gasteiger partial charge in [-0.15, -0.1) is 10.2 Å². The second kappa shape index (κ2) is 8.27. The quantitative estimate of drug-likeness (QED) is 0.474. The molecule has 0 unspecified atom stereocenters. The molecule has 0 saturated carbocycles. The van der Waals surface area contributed by atoms with Crippen molar-refractivity contribution < 1.29 is 33.5 Å². The van der Waals surface area contributed by atoms with Gasteiger partial charge >= 0.3 is 0 Å². The Kier molecular flexibility index (Phi) is 7.85. The molecular formula is C12H15Cl2NO4. The summed E-state index contributed by atoms with van der Waals surface area (Å²) in [5.74, 6) is 0. The van der Waals surface area contributed by atoms with E-state index < -0.39 is 10.2 Å². The topological polar surface area (TPSA) is 95.2 Å². The van der Waals surface area contributed by atoms with Gasteiger partial charge in [0.25, 0.3) is 0 Å². The molecule has 0 aromatic heterocycles. The van der Waals surface area contributed by atoms with Gasteiger partial charge in [0.1, 0.15) is 14.1 Å². The van der Waals surface area contributed by atoms with Gasteiger partial charge in [-0.1, -0.05) is 41.4 Å². The van der Waals surface area contributed by atoms with E-state index in [1.165, 1.54) is 5.56 Å². The van der Waals surface area contributed by atoms with Crippen molar-refractivity contribution in [3.8, 4) is 0 Å². The van der Waals surface area contributed by atoms with E-state index in [-0.39, 0.29) is 0 Å². The first-order chi connectivity index (χ1) is 8.59. The van der Waals surface area contributed by atoms with Crippen LogP contribution in [-0.2, 0) is 0 Å². The van der Waals surface area contributed by atoms with Gasteiger partial charge in [-0.25, -0.2) is 23.2 Å². The summed E-state index contributed by atoms with van der Waals surface area (Å²) in [6.07, 6.45) is 3.83. The zero-order chi connectivity index (χ0) is 15.1. The SMILES string of the molecule is Cc1ccc(/C(Cl)=C\C=[N+](C)C)cc1.[O-][Cl+3]([O-])([O-])[O-]. The minimum absolute atomic E-state index is 0.763. The van der Waals surface area contributed by atoms with Gasteiger partial charge in [0.05, 0.1) is 5.03 Å². The van der Waals surface area contributed by atoms with Crippen LogP contribution in [0.15, 0.2) is 30.3 Å². The maximum absolute atomic E-state index is 8.49. The maximum atomic E-state index is 8.49. The Morgan fingerprint density at radius 3 is 1.89 bits per heavy atom. The Bertz CT molecular complexity index is 440. The molecule has 0 spiro atoms. The van der Waals surface area contributed by atoms with E-state index in [9.17, 15) is 0 Å². The average molecular weight is 308 g/mol. The van der Waals surface area contributed by atoms with Crippen LogP contribution < -0.4 is 18.6 Å². The van der Waals surface area contributed by atoms with Crippen LogP contribution in [0.3, 0.4) is 0 Å². The van der Waals surface area contributed by atoms with Crippen molar-refractivity contribution in [2.45, 2.75) is 6.92 Å². The summed E-state index contributed by atoms with van der Waals surface area (Å²) in [7, 11) is -1.01. The van der Waals surface area contributed by atoms with Crippen molar-refractivity contribution in [3.05, 3.63) is 41.5 Å². The van der Waals surface area contributed by atoms with Crippen LogP contribution in [0.5, 0.6) is 0 Å². The Balaban J connectivity index is 0.000000555. The number of allylic oxidation sites excluding steroid dienone is 1. The van der Waals surface area contributed by atoms with Crippen molar-refractivity contribution in [3.63, 3.8) is 0 Å². The summed E-state index contributed by atoms with van der Waals surface area (Å²) in [6, 6.07) is 8.16. The van der Waals surface area contributed by atoms with Crippen LogP contribution in [0.25, 0.3) is 5.03 Å². The van der Waals surface area contributed by atoms with Crippen LogP contribution in [0.2, 0.25) is 0 Å². The van der Waals surface area contributed by atoms with Crippen LogP contribution in [-0.4, -0.2) is 24.9 Å². The molecule has 0 heterocycles. The largest absolute Gasteiger partial charge is 0.241 e. The molecule has 0 aliphatic heterocycles. The molecule has 0 aliphatic carbocycles. The monoisotopic (exact) mass is 307 g/mol. The zero-order valence-corrected chi connectivity index (χ0v) is 12.3. The minimum atomic E-state index is -4.94. The van der Waals surface area contributed by atoms with E-state index in [4.69, 9.17) is 30.2 Å². The molecule has 0 N–H and O–H groups in total. The lowest BCUT2D eigenvalue weighted by atomic mass is 10.1. The second-order valence-corrected chi connectivity index (χ2v) is 5.03. The van der Waals surface area contributed by atoms with E-state index in [1.807, 2.05) is 43.1 Å². The molecule has 106 valence electrons. The van der Waals surface area contributed by atoms with Gasteiger partial charge in [0.15, 0.2) is 6.21 Å². The molecular weight excluding hydrogens is 293 g/mol. The number of aryl methyl sites for hydroxylation is 1. The van der Waals surface area contributed by atoms with Gasteiger partial charge in [-0.2, -0.15) is 0 Å². The van der Waals surface area contributed by atoms with E-state index in [0.29, 0.717) is 0 Å². The van der Waals surface area contributed by atoms with Crippen molar-refractivity contribution in [1.82, 2.24) is 0 Å². The van der Waals surface area contributed by atoms with Crippen LogP contribution in [0.1, 0.15) is 11.1 Å². The number of benzene rings is 1. The van der Waals surface area contributed by atoms with E-state index in [1.54, 1.807) is 0 Å². The number of halogens is 2. The van der Waals surface area contributed by atoms with E-state index in [2.05, 4.69) is 19.1 Å². The predicted molar refractivity (Wildman–Crippen MR) is 63.2 cm³/mol. The van der Waals surface area contributed by atoms with Crippen LogP contribution in [0.4, 0.5) is 0 Å². The fourth-order valence-electron chi connectivity index (χ4n) is 1.02. The highest BCUT2D eigenvalue weighted by Crippen LogP contribution is 2.18. The number of nitrogens with zero attached hydrogens (tertiary/aromatic N) is 1. The molecule has 0 amide bonds. The summed E-state index contributed by atoms with van der Waals surface area (Å²) in [4.78, 5) is 0. The lowest BCUT2D eigenvalue weighted by molar-refractivity contribution is -2.00. The molecule has 0 radical (unpaired) electrons.